The first-order valence-electron chi connectivity index (χ1n) is 7.39. The lowest BCUT2D eigenvalue weighted by Crippen LogP contribution is -2.32. The second kappa shape index (κ2) is 9.86. The van der Waals surface area contributed by atoms with Crippen molar-refractivity contribution in [2.24, 2.45) is 5.73 Å². The predicted octanol–water partition coefficient (Wildman–Crippen LogP) is 1.89. The Bertz CT molecular complexity index is 488. The summed E-state index contributed by atoms with van der Waals surface area (Å²) in [5, 5.41) is 12.1. The molecule has 0 radical (unpaired) electrons. The number of carbonyl (C=O) groups excluding carboxylic acids is 1. The second-order valence-corrected chi connectivity index (χ2v) is 6.21. The van der Waals surface area contributed by atoms with Gasteiger partial charge in [-0.2, -0.15) is 0 Å². The molecule has 0 bridgehead atoms. The maximum Gasteiger partial charge on any atom is 0.221 e. The summed E-state index contributed by atoms with van der Waals surface area (Å²) in [6.45, 7) is 4.71. The maximum atomic E-state index is 11.9. The monoisotopic (exact) mass is 345 g/mol. The molecule has 0 spiro atoms. The van der Waals surface area contributed by atoms with Gasteiger partial charge in [-0.05, 0) is 12.8 Å². The maximum absolute atomic E-state index is 11.9. The number of nitrogens with zero attached hydrogens (tertiary/aromatic N) is 3. The van der Waals surface area contributed by atoms with E-state index in [2.05, 4.69) is 22.1 Å². The molecule has 3 N–H and O–H groups in total. The van der Waals surface area contributed by atoms with Gasteiger partial charge in [0.2, 0.25) is 5.91 Å². The zero-order valence-corrected chi connectivity index (χ0v) is 14.3. The lowest BCUT2D eigenvalue weighted by atomic mass is 10.2. The molecule has 1 heterocycles. The number of halogens is 1. The van der Waals surface area contributed by atoms with Gasteiger partial charge in [-0.25, -0.2) is 0 Å². The van der Waals surface area contributed by atoms with Crippen LogP contribution in [0.3, 0.4) is 0 Å². The number of hydrogen-bond acceptors (Lipinski definition) is 5. The molecule has 0 atom stereocenters. The molecule has 1 amide bonds. The van der Waals surface area contributed by atoms with Crippen molar-refractivity contribution in [1.29, 1.82) is 0 Å². The van der Waals surface area contributed by atoms with E-state index < -0.39 is 0 Å². The first-order valence-corrected chi connectivity index (χ1v) is 8.38. The molecule has 1 aromatic rings. The molecular weight excluding hydrogens is 322 g/mol. The summed E-state index contributed by atoms with van der Waals surface area (Å²) < 4.78 is 1.94. The molecule has 22 heavy (non-hydrogen) atoms. The van der Waals surface area contributed by atoms with Gasteiger partial charge in [0.15, 0.2) is 5.16 Å². The van der Waals surface area contributed by atoms with Crippen LogP contribution in [0.5, 0.6) is 0 Å². The summed E-state index contributed by atoms with van der Waals surface area (Å²) >= 11 is 1.53. The zero-order valence-electron chi connectivity index (χ0n) is 12.7. The third kappa shape index (κ3) is 5.30. The van der Waals surface area contributed by atoms with Crippen molar-refractivity contribution in [3.8, 4) is 0 Å². The number of amides is 1. The smallest absolute Gasteiger partial charge is 0.221 e. The van der Waals surface area contributed by atoms with Crippen molar-refractivity contribution < 1.29 is 4.79 Å². The lowest BCUT2D eigenvalue weighted by Gasteiger charge is -2.11. The summed E-state index contributed by atoms with van der Waals surface area (Å²) in [5.41, 5.74) is 5.63. The van der Waals surface area contributed by atoms with Crippen molar-refractivity contribution in [2.75, 3.05) is 5.75 Å². The number of carbonyl (C=O) groups is 1. The average Bonchev–Trinajstić information content (AvgIpc) is 3.10. The molecule has 0 saturated heterocycles. The van der Waals surface area contributed by atoms with E-state index in [0.29, 0.717) is 31.3 Å². The van der Waals surface area contributed by atoms with Gasteiger partial charge in [0.05, 0.1) is 6.54 Å². The van der Waals surface area contributed by atoms with E-state index in [1.165, 1.54) is 24.6 Å². The molecule has 0 aromatic carbocycles. The van der Waals surface area contributed by atoms with E-state index in [-0.39, 0.29) is 18.3 Å². The van der Waals surface area contributed by atoms with Gasteiger partial charge in [-0.15, -0.1) is 29.2 Å². The van der Waals surface area contributed by atoms with E-state index >= 15 is 0 Å². The Morgan fingerprint density at radius 3 is 2.82 bits per heavy atom. The highest BCUT2D eigenvalue weighted by Gasteiger charge is 2.17. The van der Waals surface area contributed by atoms with Crippen molar-refractivity contribution in [3.05, 3.63) is 18.5 Å². The van der Waals surface area contributed by atoms with Gasteiger partial charge < -0.3 is 15.6 Å². The second-order valence-electron chi connectivity index (χ2n) is 5.15. The third-order valence-electron chi connectivity index (χ3n) is 3.57. The molecule has 0 unspecified atom stereocenters. The Morgan fingerprint density at radius 2 is 2.18 bits per heavy atom. The topological polar surface area (TPSA) is 85.8 Å². The standard InChI is InChI=1S/C14H23N5OS.ClH/c1-2-8-19-12(10-15)17-18-14(19)21-9-7-13(20)16-11-5-3-4-6-11;/h2,11H,1,3-10,15H2,(H,16,20);1H. The Labute approximate surface area is 141 Å². The fraction of sp³-hybridized carbons (Fsp3) is 0.643. The third-order valence-corrected chi connectivity index (χ3v) is 4.54. The summed E-state index contributed by atoms with van der Waals surface area (Å²) in [6, 6.07) is 0.385. The molecule has 1 aliphatic carbocycles. The molecule has 1 saturated carbocycles. The van der Waals surface area contributed by atoms with Crippen LogP contribution in [0.4, 0.5) is 0 Å². The molecule has 6 nitrogen and oxygen atoms in total. The summed E-state index contributed by atoms with van der Waals surface area (Å²) in [4.78, 5) is 11.9. The summed E-state index contributed by atoms with van der Waals surface area (Å²) in [7, 11) is 0. The zero-order chi connectivity index (χ0) is 15.1. The Kier molecular flexibility index (Phi) is 8.52. The van der Waals surface area contributed by atoms with Gasteiger partial charge in [0.1, 0.15) is 5.82 Å². The highest BCUT2D eigenvalue weighted by Crippen LogP contribution is 2.19. The molecule has 2 rings (SSSR count). The van der Waals surface area contributed by atoms with Crippen LogP contribution in [0.25, 0.3) is 0 Å². The van der Waals surface area contributed by atoms with Crippen molar-refractivity contribution in [2.45, 2.75) is 56.4 Å². The SMILES string of the molecule is C=CCn1c(CN)nnc1SCCC(=O)NC1CCCC1.Cl. The molecular formula is C14H24ClN5OS. The molecule has 1 aromatic heterocycles. The number of allylic oxidation sites excluding steroid dienone is 1. The quantitative estimate of drug-likeness (QED) is 0.555. The molecule has 0 aliphatic heterocycles. The largest absolute Gasteiger partial charge is 0.353 e. The van der Waals surface area contributed by atoms with Gasteiger partial charge >= 0.3 is 0 Å². The number of thioether (sulfide) groups is 1. The molecule has 1 fully saturated rings. The van der Waals surface area contributed by atoms with E-state index in [0.717, 1.165) is 23.8 Å². The van der Waals surface area contributed by atoms with E-state index in [4.69, 9.17) is 5.73 Å². The molecule has 1 aliphatic rings. The van der Waals surface area contributed by atoms with Gasteiger partial charge in [0, 0.05) is 24.8 Å². The molecule has 8 heteroatoms. The number of rotatable bonds is 8. The minimum absolute atomic E-state index is 0. The Balaban J connectivity index is 0.00000242. The minimum atomic E-state index is 0. The van der Waals surface area contributed by atoms with Crippen LogP contribution in [0.15, 0.2) is 17.8 Å². The van der Waals surface area contributed by atoms with Crippen molar-refractivity contribution in [1.82, 2.24) is 20.1 Å². The Morgan fingerprint density at radius 1 is 1.45 bits per heavy atom. The van der Waals surface area contributed by atoms with E-state index in [1.54, 1.807) is 6.08 Å². The normalized spacial score (nSPS) is 14.6. The first kappa shape index (κ1) is 19.0. The Hall–Kier alpha value is -1.05. The van der Waals surface area contributed by atoms with Crippen LogP contribution in [-0.2, 0) is 17.9 Å². The van der Waals surface area contributed by atoms with Gasteiger partial charge in [0.25, 0.3) is 0 Å². The predicted molar refractivity (Wildman–Crippen MR) is 91.1 cm³/mol. The highest BCUT2D eigenvalue weighted by molar-refractivity contribution is 7.99. The number of nitrogens with two attached hydrogens (primary N) is 1. The van der Waals surface area contributed by atoms with Gasteiger partial charge in [-0.3, -0.25) is 4.79 Å². The number of hydrogen-bond donors (Lipinski definition) is 2. The molecule has 124 valence electrons. The van der Waals surface area contributed by atoms with Crippen LogP contribution in [-0.4, -0.2) is 32.5 Å². The van der Waals surface area contributed by atoms with Crippen molar-refractivity contribution >= 4 is 30.1 Å². The summed E-state index contributed by atoms with van der Waals surface area (Å²) in [5.74, 6) is 1.56. The van der Waals surface area contributed by atoms with Gasteiger partial charge in [-0.1, -0.05) is 30.7 Å². The summed E-state index contributed by atoms with van der Waals surface area (Å²) in [6.07, 6.45) is 6.98. The fourth-order valence-corrected chi connectivity index (χ4v) is 3.40. The van der Waals surface area contributed by atoms with E-state index in [9.17, 15) is 4.79 Å². The van der Waals surface area contributed by atoms with Crippen LogP contribution >= 0.6 is 24.2 Å². The van der Waals surface area contributed by atoms with Crippen LogP contribution in [0, 0.1) is 0 Å². The number of aromatic nitrogens is 3. The van der Waals surface area contributed by atoms with Crippen molar-refractivity contribution in [3.63, 3.8) is 0 Å². The van der Waals surface area contributed by atoms with Crippen LogP contribution in [0.1, 0.15) is 37.9 Å². The first-order chi connectivity index (χ1) is 10.2. The highest BCUT2D eigenvalue weighted by atomic mass is 35.5. The average molecular weight is 346 g/mol. The number of nitrogens with one attached hydrogen (secondary N) is 1. The minimum Gasteiger partial charge on any atom is -0.353 e. The fourth-order valence-electron chi connectivity index (χ4n) is 2.49. The lowest BCUT2D eigenvalue weighted by molar-refractivity contribution is -0.121. The van der Waals surface area contributed by atoms with E-state index in [1.807, 2.05) is 4.57 Å². The van der Waals surface area contributed by atoms with Crippen LogP contribution < -0.4 is 11.1 Å². The van der Waals surface area contributed by atoms with Crippen LogP contribution in [0.2, 0.25) is 0 Å².